The van der Waals surface area contributed by atoms with Crippen LogP contribution in [0, 0.1) is 0 Å². The molecule has 2 aromatic rings. The van der Waals surface area contributed by atoms with Gasteiger partial charge in [-0.05, 0) is 51.0 Å². The van der Waals surface area contributed by atoms with E-state index >= 15 is 0 Å². The van der Waals surface area contributed by atoms with Gasteiger partial charge in [0.2, 0.25) is 0 Å². The quantitative estimate of drug-likeness (QED) is 0.882. The lowest BCUT2D eigenvalue weighted by molar-refractivity contribution is -0.128. The maximum absolute atomic E-state index is 12.1. The van der Waals surface area contributed by atoms with Crippen LogP contribution in [0.1, 0.15) is 27.7 Å². The van der Waals surface area contributed by atoms with E-state index in [0.717, 1.165) is 11.1 Å². The van der Waals surface area contributed by atoms with Gasteiger partial charge < -0.3 is 10.1 Å². The first kappa shape index (κ1) is 17.4. The summed E-state index contributed by atoms with van der Waals surface area (Å²) in [5, 5.41) is 3.38. The van der Waals surface area contributed by atoms with Crippen molar-refractivity contribution >= 4 is 17.5 Å². The maximum Gasteiger partial charge on any atom is 0.261 e. The molecule has 0 heterocycles. The maximum atomic E-state index is 12.1. The van der Waals surface area contributed by atoms with Crippen molar-refractivity contribution in [2.75, 3.05) is 0 Å². The molecule has 4 heteroatoms. The molecule has 1 N–H and O–H groups in total. The summed E-state index contributed by atoms with van der Waals surface area (Å²) in [5.41, 5.74) is 1.80. The average molecular weight is 332 g/mol. The zero-order valence-corrected chi connectivity index (χ0v) is 14.6. The van der Waals surface area contributed by atoms with Crippen LogP contribution in [0.5, 0.6) is 5.75 Å². The number of rotatable bonds is 4. The van der Waals surface area contributed by atoms with Gasteiger partial charge in [0.15, 0.2) is 6.10 Å². The highest BCUT2D eigenvalue weighted by atomic mass is 35.5. The van der Waals surface area contributed by atoms with Crippen molar-refractivity contribution in [3.8, 4) is 16.9 Å². The first-order valence-electron chi connectivity index (χ1n) is 7.60. The molecule has 1 amide bonds. The topological polar surface area (TPSA) is 38.3 Å². The third kappa shape index (κ3) is 5.00. The van der Waals surface area contributed by atoms with E-state index < -0.39 is 6.10 Å². The van der Waals surface area contributed by atoms with E-state index in [1.807, 2.05) is 63.2 Å². The second-order valence-corrected chi connectivity index (χ2v) is 6.92. The zero-order valence-electron chi connectivity index (χ0n) is 13.9. The molecule has 0 spiro atoms. The molecule has 0 aliphatic heterocycles. The summed E-state index contributed by atoms with van der Waals surface area (Å²) in [7, 11) is 0. The molecule has 0 aromatic heterocycles. The van der Waals surface area contributed by atoms with Crippen molar-refractivity contribution in [1.82, 2.24) is 5.32 Å². The molecule has 0 unspecified atom stereocenters. The van der Waals surface area contributed by atoms with Crippen LogP contribution in [-0.2, 0) is 4.79 Å². The fourth-order valence-electron chi connectivity index (χ4n) is 2.12. The number of nitrogens with one attached hydrogen (secondary N) is 1. The number of hydrogen-bond donors (Lipinski definition) is 1. The Bertz CT molecular complexity index is 678. The van der Waals surface area contributed by atoms with Crippen LogP contribution in [0.3, 0.4) is 0 Å². The Labute approximate surface area is 142 Å². The molecule has 1 atom stereocenters. The van der Waals surface area contributed by atoms with Gasteiger partial charge in [-0.25, -0.2) is 0 Å². The second-order valence-electron chi connectivity index (χ2n) is 6.51. The number of benzene rings is 2. The molecular weight excluding hydrogens is 310 g/mol. The third-order valence-electron chi connectivity index (χ3n) is 3.21. The van der Waals surface area contributed by atoms with E-state index in [9.17, 15) is 4.79 Å². The number of carbonyl (C=O) groups excluding carboxylic acids is 1. The number of halogens is 1. The SMILES string of the molecule is C[C@@H](Oc1ccc(-c2ccccc2)cc1Cl)C(=O)NC(C)(C)C. The van der Waals surface area contributed by atoms with Crippen LogP contribution in [0.4, 0.5) is 0 Å². The van der Waals surface area contributed by atoms with Crippen molar-refractivity contribution in [3.05, 3.63) is 53.6 Å². The van der Waals surface area contributed by atoms with Crippen LogP contribution < -0.4 is 10.1 Å². The molecule has 3 nitrogen and oxygen atoms in total. The van der Waals surface area contributed by atoms with Gasteiger partial charge in [-0.15, -0.1) is 0 Å². The van der Waals surface area contributed by atoms with Crippen molar-refractivity contribution in [2.24, 2.45) is 0 Å². The minimum atomic E-state index is -0.616. The fourth-order valence-corrected chi connectivity index (χ4v) is 2.35. The molecule has 0 aliphatic carbocycles. The third-order valence-corrected chi connectivity index (χ3v) is 3.51. The number of carbonyl (C=O) groups is 1. The van der Waals surface area contributed by atoms with Crippen molar-refractivity contribution in [1.29, 1.82) is 0 Å². The van der Waals surface area contributed by atoms with Gasteiger partial charge in [0.1, 0.15) is 5.75 Å². The summed E-state index contributed by atoms with van der Waals surface area (Å²) < 4.78 is 5.70. The Morgan fingerprint density at radius 3 is 2.30 bits per heavy atom. The van der Waals surface area contributed by atoms with E-state index in [2.05, 4.69) is 5.32 Å². The molecule has 0 aliphatic rings. The van der Waals surface area contributed by atoms with E-state index in [0.29, 0.717) is 10.8 Å². The smallest absolute Gasteiger partial charge is 0.261 e. The molecule has 0 saturated carbocycles. The Balaban J connectivity index is 2.11. The standard InChI is InChI=1S/C19H22ClNO2/c1-13(18(22)21-19(2,3)4)23-17-11-10-15(12-16(17)20)14-8-6-5-7-9-14/h5-13H,1-4H3,(H,21,22)/t13-/m1/s1. The second kappa shape index (κ2) is 7.05. The number of hydrogen-bond acceptors (Lipinski definition) is 2. The highest BCUT2D eigenvalue weighted by Crippen LogP contribution is 2.31. The van der Waals surface area contributed by atoms with Crippen molar-refractivity contribution in [2.45, 2.75) is 39.3 Å². The van der Waals surface area contributed by atoms with E-state index in [1.54, 1.807) is 13.0 Å². The molecule has 122 valence electrons. The molecule has 2 rings (SSSR count). The summed E-state index contributed by atoms with van der Waals surface area (Å²) >= 11 is 6.30. The Hall–Kier alpha value is -2.00. The highest BCUT2D eigenvalue weighted by molar-refractivity contribution is 6.32. The molecule has 0 bridgehead atoms. The van der Waals surface area contributed by atoms with Gasteiger partial charge in [0.05, 0.1) is 5.02 Å². The van der Waals surface area contributed by atoms with Gasteiger partial charge in [-0.3, -0.25) is 4.79 Å². The highest BCUT2D eigenvalue weighted by Gasteiger charge is 2.21. The van der Waals surface area contributed by atoms with E-state index in [4.69, 9.17) is 16.3 Å². The zero-order chi connectivity index (χ0) is 17.0. The fraction of sp³-hybridized carbons (Fsp3) is 0.316. The Morgan fingerprint density at radius 1 is 1.09 bits per heavy atom. The molecule has 2 aromatic carbocycles. The van der Waals surface area contributed by atoms with E-state index in [1.165, 1.54) is 0 Å². The van der Waals surface area contributed by atoms with Gasteiger partial charge in [0.25, 0.3) is 5.91 Å². The minimum absolute atomic E-state index is 0.166. The van der Waals surface area contributed by atoms with Crippen molar-refractivity contribution < 1.29 is 9.53 Å². The lowest BCUT2D eigenvalue weighted by Gasteiger charge is -2.24. The van der Waals surface area contributed by atoms with Gasteiger partial charge in [0, 0.05) is 5.54 Å². The largest absolute Gasteiger partial charge is 0.479 e. The first-order chi connectivity index (χ1) is 10.8. The predicted octanol–water partition coefficient (Wildman–Crippen LogP) is 4.69. The Kier molecular flexibility index (Phi) is 5.32. The normalized spacial score (nSPS) is 12.6. The van der Waals surface area contributed by atoms with Crippen LogP contribution >= 0.6 is 11.6 Å². The lowest BCUT2D eigenvalue weighted by atomic mass is 10.1. The van der Waals surface area contributed by atoms with Gasteiger partial charge in [-0.1, -0.05) is 48.0 Å². The predicted molar refractivity (Wildman–Crippen MR) is 94.9 cm³/mol. The number of ether oxygens (including phenoxy) is 1. The summed E-state index contributed by atoms with van der Waals surface area (Å²) in [5.74, 6) is 0.337. The van der Waals surface area contributed by atoms with Crippen molar-refractivity contribution in [3.63, 3.8) is 0 Å². The molecular formula is C19H22ClNO2. The Morgan fingerprint density at radius 2 is 1.74 bits per heavy atom. The molecule has 23 heavy (non-hydrogen) atoms. The molecule has 0 fully saturated rings. The molecule has 0 saturated heterocycles. The van der Waals surface area contributed by atoms with Gasteiger partial charge in [-0.2, -0.15) is 0 Å². The summed E-state index contributed by atoms with van der Waals surface area (Å²) in [6, 6.07) is 15.5. The summed E-state index contributed by atoms with van der Waals surface area (Å²) in [6.07, 6.45) is -0.616. The minimum Gasteiger partial charge on any atom is -0.479 e. The van der Waals surface area contributed by atoms with Crippen LogP contribution in [0.2, 0.25) is 5.02 Å². The van der Waals surface area contributed by atoms with E-state index in [-0.39, 0.29) is 11.4 Å². The van der Waals surface area contributed by atoms with Crippen LogP contribution in [0.15, 0.2) is 48.5 Å². The number of amides is 1. The lowest BCUT2D eigenvalue weighted by Crippen LogP contribution is -2.46. The summed E-state index contributed by atoms with van der Waals surface area (Å²) in [6.45, 7) is 7.50. The van der Waals surface area contributed by atoms with Crippen LogP contribution in [-0.4, -0.2) is 17.6 Å². The average Bonchev–Trinajstić information content (AvgIpc) is 2.48. The summed E-state index contributed by atoms with van der Waals surface area (Å²) in [4.78, 5) is 12.1. The van der Waals surface area contributed by atoms with Gasteiger partial charge >= 0.3 is 0 Å². The first-order valence-corrected chi connectivity index (χ1v) is 7.98. The molecule has 0 radical (unpaired) electrons. The monoisotopic (exact) mass is 331 g/mol. The van der Waals surface area contributed by atoms with Crippen LogP contribution in [0.25, 0.3) is 11.1 Å².